The van der Waals surface area contributed by atoms with Crippen LogP contribution in [0.5, 0.6) is 0 Å². The lowest BCUT2D eigenvalue weighted by atomic mass is 10.1. The highest BCUT2D eigenvalue weighted by molar-refractivity contribution is 5.79. The monoisotopic (exact) mass is 125 g/mol. The first-order chi connectivity index (χ1) is 4.34. The number of rotatable bonds is 1. The van der Waals surface area contributed by atoms with Crippen molar-refractivity contribution in [2.45, 2.75) is 12.8 Å². The van der Waals surface area contributed by atoms with Gasteiger partial charge in [0.1, 0.15) is 0 Å². The molecule has 1 rings (SSSR count). The third kappa shape index (κ3) is 1.31. The maximum absolute atomic E-state index is 10.9. The van der Waals surface area contributed by atoms with E-state index < -0.39 is 0 Å². The molecule has 0 radical (unpaired) electrons. The van der Waals surface area contributed by atoms with Gasteiger partial charge in [-0.05, 0) is 12.8 Å². The molecule has 0 saturated heterocycles. The maximum atomic E-state index is 10.9. The third-order valence-corrected chi connectivity index (χ3v) is 1.63. The summed E-state index contributed by atoms with van der Waals surface area (Å²) >= 11 is 0. The summed E-state index contributed by atoms with van der Waals surface area (Å²) in [6.45, 7) is 0. The van der Waals surface area contributed by atoms with E-state index in [1.165, 1.54) is 0 Å². The molecule has 0 heterocycles. The fourth-order valence-electron chi connectivity index (χ4n) is 1.04. The molecule has 0 unspecified atom stereocenters. The lowest BCUT2D eigenvalue weighted by Gasteiger charge is -2.04. The molecule has 0 aromatic carbocycles. The molecule has 0 spiro atoms. The summed E-state index contributed by atoms with van der Waals surface area (Å²) in [5, 5.41) is 2.63. The van der Waals surface area contributed by atoms with Crippen LogP contribution >= 0.6 is 0 Å². The van der Waals surface area contributed by atoms with E-state index in [9.17, 15) is 4.79 Å². The molecule has 1 aliphatic carbocycles. The zero-order chi connectivity index (χ0) is 6.69. The molecular formula is C7H11NO. The van der Waals surface area contributed by atoms with E-state index in [0.29, 0.717) is 0 Å². The Labute approximate surface area is 54.9 Å². The molecule has 0 atom stereocenters. The van der Waals surface area contributed by atoms with Crippen LogP contribution in [0.3, 0.4) is 0 Å². The van der Waals surface area contributed by atoms with Gasteiger partial charge in [-0.1, -0.05) is 12.2 Å². The van der Waals surface area contributed by atoms with Crippen LogP contribution in [0.4, 0.5) is 0 Å². The number of carbonyl (C=O) groups excluding carboxylic acids is 1. The average molecular weight is 125 g/mol. The molecule has 0 saturated carbocycles. The molecule has 2 nitrogen and oxygen atoms in total. The molecule has 0 aromatic heterocycles. The molecule has 2 heteroatoms. The highest BCUT2D eigenvalue weighted by Gasteiger charge is 2.16. The van der Waals surface area contributed by atoms with Gasteiger partial charge in [0.05, 0.1) is 0 Å². The first kappa shape index (κ1) is 6.33. The zero-order valence-electron chi connectivity index (χ0n) is 5.55. The number of hydrogen-bond acceptors (Lipinski definition) is 1. The minimum atomic E-state index is 0.167. The smallest absolute Gasteiger partial charge is 0.223 e. The molecule has 0 bridgehead atoms. The summed E-state index contributed by atoms with van der Waals surface area (Å²) in [5.74, 6) is 0.384. The van der Waals surface area contributed by atoms with E-state index in [0.717, 1.165) is 12.8 Å². The van der Waals surface area contributed by atoms with E-state index >= 15 is 0 Å². The van der Waals surface area contributed by atoms with Gasteiger partial charge < -0.3 is 5.32 Å². The van der Waals surface area contributed by atoms with Crippen LogP contribution in [0, 0.1) is 5.92 Å². The first-order valence-electron chi connectivity index (χ1n) is 3.21. The average Bonchev–Trinajstić information content (AvgIpc) is 2.37. The van der Waals surface area contributed by atoms with E-state index in [2.05, 4.69) is 17.5 Å². The SMILES string of the molecule is CNC(=O)C1CC=CC1. The van der Waals surface area contributed by atoms with Crippen molar-refractivity contribution in [2.24, 2.45) is 5.92 Å². The largest absolute Gasteiger partial charge is 0.359 e. The van der Waals surface area contributed by atoms with Crippen molar-refractivity contribution < 1.29 is 4.79 Å². The number of amides is 1. The number of allylic oxidation sites excluding steroid dienone is 2. The van der Waals surface area contributed by atoms with Crippen LogP contribution < -0.4 is 5.32 Å². The lowest BCUT2D eigenvalue weighted by molar-refractivity contribution is -0.124. The van der Waals surface area contributed by atoms with Gasteiger partial charge in [0, 0.05) is 13.0 Å². The topological polar surface area (TPSA) is 29.1 Å². The maximum Gasteiger partial charge on any atom is 0.223 e. The second-order valence-electron chi connectivity index (χ2n) is 2.25. The normalized spacial score (nSPS) is 18.3. The Balaban J connectivity index is 2.36. The Morgan fingerprint density at radius 2 is 2.11 bits per heavy atom. The predicted octanol–water partition coefficient (Wildman–Crippen LogP) is 0.699. The van der Waals surface area contributed by atoms with Crippen LogP contribution in [0.2, 0.25) is 0 Å². The summed E-state index contributed by atoms with van der Waals surface area (Å²) in [4.78, 5) is 10.9. The van der Waals surface area contributed by atoms with Gasteiger partial charge in [0.2, 0.25) is 5.91 Å². The summed E-state index contributed by atoms with van der Waals surface area (Å²) in [5.41, 5.74) is 0. The standard InChI is InChI=1S/C7H11NO/c1-8-7(9)6-4-2-3-5-6/h2-3,6H,4-5H2,1H3,(H,8,9). The molecule has 1 amide bonds. The summed E-state index contributed by atoms with van der Waals surface area (Å²) < 4.78 is 0. The van der Waals surface area contributed by atoms with Crippen LogP contribution in [-0.4, -0.2) is 13.0 Å². The van der Waals surface area contributed by atoms with Gasteiger partial charge in [-0.25, -0.2) is 0 Å². The van der Waals surface area contributed by atoms with Gasteiger partial charge in [0.15, 0.2) is 0 Å². The van der Waals surface area contributed by atoms with Crippen molar-refractivity contribution in [3.8, 4) is 0 Å². The van der Waals surface area contributed by atoms with Crippen molar-refractivity contribution in [2.75, 3.05) is 7.05 Å². The molecular weight excluding hydrogens is 114 g/mol. The molecule has 1 aliphatic rings. The summed E-state index contributed by atoms with van der Waals surface area (Å²) in [6.07, 6.45) is 5.94. The van der Waals surface area contributed by atoms with Crippen molar-refractivity contribution in [1.29, 1.82) is 0 Å². The minimum Gasteiger partial charge on any atom is -0.359 e. The van der Waals surface area contributed by atoms with E-state index in [1.54, 1.807) is 7.05 Å². The van der Waals surface area contributed by atoms with Crippen LogP contribution in [0.25, 0.3) is 0 Å². The second-order valence-corrected chi connectivity index (χ2v) is 2.25. The summed E-state index contributed by atoms with van der Waals surface area (Å²) in [7, 11) is 1.68. The quantitative estimate of drug-likeness (QED) is 0.513. The van der Waals surface area contributed by atoms with Crippen LogP contribution in [-0.2, 0) is 4.79 Å². The Morgan fingerprint density at radius 1 is 1.56 bits per heavy atom. The molecule has 1 N–H and O–H groups in total. The third-order valence-electron chi connectivity index (χ3n) is 1.63. The lowest BCUT2D eigenvalue weighted by Crippen LogP contribution is -2.25. The van der Waals surface area contributed by atoms with Gasteiger partial charge in [0.25, 0.3) is 0 Å². The first-order valence-corrected chi connectivity index (χ1v) is 3.21. The Kier molecular flexibility index (Phi) is 1.88. The Hall–Kier alpha value is -0.790. The van der Waals surface area contributed by atoms with Gasteiger partial charge in [-0.3, -0.25) is 4.79 Å². The number of hydrogen-bond donors (Lipinski definition) is 1. The fraction of sp³-hybridized carbons (Fsp3) is 0.571. The summed E-state index contributed by atoms with van der Waals surface area (Å²) in [6, 6.07) is 0. The van der Waals surface area contributed by atoms with Crippen molar-refractivity contribution >= 4 is 5.91 Å². The number of nitrogens with one attached hydrogen (secondary N) is 1. The predicted molar refractivity (Wildman–Crippen MR) is 35.9 cm³/mol. The Bertz CT molecular complexity index is 132. The fourth-order valence-corrected chi connectivity index (χ4v) is 1.04. The molecule has 9 heavy (non-hydrogen) atoms. The zero-order valence-corrected chi connectivity index (χ0v) is 5.55. The molecule has 0 aromatic rings. The van der Waals surface area contributed by atoms with Crippen molar-refractivity contribution in [3.63, 3.8) is 0 Å². The highest BCUT2D eigenvalue weighted by Crippen LogP contribution is 2.16. The molecule has 0 fully saturated rings. The molecule has 0 aliphatic heterocycles. The number of carbonyl (C=O) groups is 1. The second kappa shape index (κ2) is 2.67. The van der Waals surface area contributed by atoms with Crippen LogP contribution in [0.15, 0.2) is 12.2 Å². The van der Waals surface area contributed by atoms with E-state index in [4.69, 9.17) is 0 Å². The highest BCUT2D eigenvalue weighted by atomic mass is 16.1. The van der Waals surface area contributed by atoms with Gasteiger partial charge >= 0.3 is 0 Å². The Morgan fingerprint density at radius 3 is 2.56 bits per heavy atom. The van der Waals surface area contributed by atoms with Crippen LogP contribution in [0.1, 0.15) is 12.8 Å². The molecule has 50 valence electrons. The van der Waals surface area contributed by atoms with Gasteiger partial charge in [-0.2, -0.15) is 0 Å². The van der Waals surface area contributed by atoms with E-state index in [-0.39, 0.29) is 11.8 Å². The van der Waals surface area contributed by atoms with Gasteiger partial charge in [-0.15, -0.1) is 0 Å². The van der Waals surface area contributed by atoms with E-state index in [1.807, 2.05) is 0 Å². The van der Waals surface area contributed by atoms with Crippen molar-refractivity contribution in [1.82, 2.24) is 5.32 Å². The minimum absolute atomic E-state index is 0.167. The van der Waals surface area contributed by atoms with Crippen molar-refractivity contribution in [3.05, 3.63) is 12.2 Å².